The molecule has 0 radical (unpaired) electrons. The normalized spacial score (nSPS) is 17.9. The van der Waals surface area contributed by atoms with Gasteiger partial charge in [-0.15, -0.1) is 0 Å². The molecule has 0 spiro atoms. The summed E-state index contributed by atoms with van der Waals surface area (Å²) >= 11 is 0. The summed E-state index contributed by atoms with van der Waals surface area (Å²) < 4.78 is 13.4. The fourth-order valence-electron chi connectivity index (χ4n) is 4.00. The van der Waals surface area contributed by atoms with Crippen molar-refractivity contribution in [2.45, 2.75) is 64.5 Å². The van der Waals surface area contributed by atoms with Crippen LogP contribution in [0.4, 0.5) is 0 Å². The highest BCUT2D eigenvalue weighted by atomic mass is 16.6. The molecule has 2 aliphatic rings. The number of hydrogen-bond acceptors (Lipinski definition) is 4. The number of benzene rings is 1. The van der Waals surface area contributed by atoms with Gasteiger partial charge in [0.1, 0.15) is 25.6 Å². The zero-order chi connectivity index (χ0) is 17.9. The highest BCUT2D eigenvalue weighted by Crippen LogP contribution is 2.34. The number of nitrogens with one attached hydrogen (secondary N) is 1. The summed E-state index contributed by atoms with van der Waals surface area (Å²) in [6.45, 7) is 3.47. The van der Waals surface area contributed by atoms with Crippen LogP contribution in [0, 0.1) is 0 Å². The molecule has 140 valence electrons. The number of aryl methyl sites for hydroxylation is 1. The van der Waals surface area contributed by atoms with Crippen molar-refractivity contribution in [2.24, 2.45) is 0 Å². The summed E-state index contributed by atoms with van der Waals surface area (Å²) in [4.78, 5) is 17.4. The van der Waals surface area contributed by atoms with E-state index in [1.165, 1.54) is 25.7 Å². The Labute approximate surface area is 153 Å². The van der Waals surface area contributed by atoms with Crippen LogP contribution < -0.4 is 14.8 Å². The number of carbonyl (C=O) groups excluding carboxylic acids is 1. The van der Waals surface area contributed by atoms with E-state index in [-0.39, 0.29) is 5.91 Å². The van der Waals surface area contributed by atoms with Crippen LogP contribution in [0.2, 0.25) is 0 Å². The zero-order valence-corrected chi connectivity index (χ0v) is 15.4. The number of rotatable bonds is 4. The Morgan fingerprint density at radius 2 is 1.85 bits per heavy atom. The second kappa shape index (κ2) is 7.56. The lowest BCUT2D eigenvalue weighted by atomic mass is 10.1. The molecular formula is C20H27N3O3. The first-order chi connectivity index (χ1) is 12.7. The van der Waals surface area contributed by atoms with Gasteiger partial charge in [-0.05, 0) is 12.8 Å². The van der Waals surface area contributed by atoms with E-state index in [0.717, 1.165) is 47.6 Å². The predicted molar refractivity (Wildman–Crippen MR) is 99.7 cm³/mol. The van der Waals surface area contributed by atoms with Crippen LogP contribution in [-0.4, -0.2) is 34.7 Å². The van der Waals surface area contributed by atoms with Crippen molar-refractivity contribution in [1.29, 1.82) is 0 Å². The molecule has 1 amide bonds. The van der Waals surface area contributed by atoms with Crippen molar-refractivity contribution < 1.29 is 14.3 Å². The van der Waals surface area contributed by atoms with E-state index in [2.05, 4.69) is 12.2 Å². The van der Waals surface area contributed by atoms with Crippen molar-refractivity contribution in [1.82, 2.24) is 14.9 Å². The number of nitrogens with zero attached hydrogens (tertiary/aromatic N) is 2. The number of fused-ring (bicyclic) bond motifs is 2. The summed E-state index contributed by atoms with van der Waals surface area (Å²) in [6, 6.07) is 4.19. The second-order valence-corrected chi connectivity index (χ2v) is 7.21. The molecule has 4 rings (SSSR count). The van der Waals surface area contributed by atoms with Gasteiger partial charge in [-0.3, -0.25) is 4.79 Å². The van der Waals surface area contributed by atoms with Gasteiger partial charge in [0.05, 0.1) is 11.0 Å². The molecule has 1 aromatic heterocycles. The SMILES string of the molecule is CCc1nc2cc3c(cc2n1CC(=O)NC1CCCCCC1)OCCO3. The van der Waals surface area contributed by atoms with Crippen LogP contribution in [0.5, 0.6) is 11.5 Å². The molecule has 0 unspecified atom stereocenters. The number of amides is 1. The van der Waals surface area contributed by atoms with Gasteiger partial charge in [-0.2, -0.15) is 0 Å². The molecule has 2 heterocycles. The van der Waals surface area contributed by atoms with Crippen molar-refractivity contribution in [2.75, 3.05) is 13.2 Å². The zero-order valence-electron chi connectivity index (χ0n) is 15.4. The Balaban J connectivity index is 1.57. The Kier molecular flexibility index (Phi) is 5.00. The van der Waals surface area contributed by atoms with E-state index in [1.54, 1.807) is 0 Å². The van der Waals surface area contributed by atoms with Crippen LogP contribution in [-0.2, 0) is 17.8 Å². The Bertz CT molecular complexity index is 791. The fraction of sp³-hybridized carbons (Fsp3) is 0.600. The molecule has 1 aliphatic heterocycles. The first-order valence-corrected chi connectivity index (χ1v) is 9.82. The third kappa shape index (κ3) is 3.50. The lowest BCUT2D eigenvalue weighted by Crippen LogP contribution is -2.36. The van der Waals surface area contributed by atoms with E-state index in [9.17, 15) is 4.79 Å². The van der Waals surface area contributed by atoms with E-state index in [1.807, 2.05) is 16.7 Å². The maximum atomic E-state index is 12.7. The number of aromatic nitrogens is 2. The Morgan fingerprint density at radius 3 is 2.54 bits per heavy atom. The van der Waals surface area contributed by atoms with Crippen LogP contribution in [0.25, 0.3) is 11.0 Å². The number of imidazole rings is 1. The van der Waals surface area contributed by atoms with E-state index in [0.29, 0.717) is 25.8 Å². The molecule has 1 aromatic carbocycles. The molecule has 6 nitrogen and oxygen atoms in total. The summed E-state index contributed by atoms with van der Waals surface area (Å²) in [6.07, 6.45) is 7.95. The first kappa shape index (κ1) is 17.2. The van der Waals surface area contributed by atoms with Gasteiger partial charge in [-0.1, -0.05) is 32.6 Å². The van der Waals surface area contributed by atoms with Crippen molar-refractivity contribution in [3.05, 3.63) is 18.0 Å². The first-order valence-electron chi connectivity index (χ1n) is 9.82. The van der Waals surface area contributed by atoms with Gasteiger partial charge < -0.3 is 19.4 Å². The van der Waals surface area contributed by atoms with Crippen LogP contribution in [0.1, 0.15) is 51.3 Å². The monoisotopic (exact) mass is 357 g/mol. The standard InChI is InChI=1S/C20H27N3O3/c1-2-19-22-15-11-17-18(26-10-9-25-17)12-16(15)23(19)13-20(24)21-14-7-5-3-4-6-8-14/h11-12,14H,2-10,13H2,1H3,(H,21,24). The largest absolute Gasteiger partial charge is 0.486 e. The third-order valence-electron chi connectivity index (χ3n) is 5.33. The highest BCUT2D eigenvalue weighted by molar-refractivity contribution is 5.84. The van der Waals surface area contributed by atoms with Crippen LogP contribution >= 0.6 is 0 Å². The van der Waals surface area contributed by atoms with Gasteiger partial charge in [0.15, 0.2) is 11.5 Å². The molecular weight excluding hydrogens is 330 g/mol. The van der Waals surface area contributed by atoms with Gasteiger partial charge >= 0.3 is 0 Å². The molecule has 0 saturated heterocycles. The smallest absolute Gasteiger partial charge is 0.240 e. The van der Waals surface area contributed by atoms with Crippen LogP contribution in [0.3, 0.4) is 0 Å². The molecule has 1 fully saturated rings. The molecule has 0 bridgehead atoms. The molecule has 0 atom stereocenters. The average molecular weight is 357 g/mol. The summed E-state index contributed by atoms with van der Waals surface area (Å²) in [5, 5.41) is 3.23. The third-order valence-corrected chi connectivity index (χ3v) is 5.33. The van der Waals surface area contributed by atoms with E-state index in [4.69, 9.17) is 14.5 Å². The van der Waals surface area contributed by atoms with Crippen molar-refractivity contribution in [3.8, 4) is 11.5 Å². The van der Waals surface area contributed by atoms with Gasteiger partial charge in [0.25, 0.3) is 0 Å². The Morgan fingerprint density at radius 1 is 1.15 bits per heavy atom. The molecule has 1 aliphatic carbocycles. The molecule has 26 heavy (non-hydrogen) atoms. The number of ether oxygens (including phenoxy) is 2. The number of hydrogen-bond donors (Lipinski definition) is 1. The highest BCUT2D eigenvalue weighted by Gasteiger charge is 2.20. The minimum Gasteiger partial charge on any atom is -0.486 e. The maximum absolute atomic E-state index is 12.7. The second-order valence-electron chi connectivity index (χ2n) is 7.21. The topological polar surface area (TPSA) is 65.4 Å². The van der Waals surface area contributed by atoms with Gasteiger partial charge in [0, 0.05) is 24.6 Å². The van der Waals surface area contributed by atoms with Crippen molar-refractivity contribution >= 4 is 16.9 Å². The number of carbonyl (C=O) groups is 1. The quantitative estimate of drug-likeness (QED) is 0.854. The molecule has 2 aromatic rings. The van der Waals surface area contributed by atoms with Crippen molar-refractivity contribution in [3.63, 3.8) is 0 Å². The summed E-state index contributed by atoms with van der Waals surface area (Å²) in [7, 11) is 0. The van der Waals surface area contributed by atoms with E-state index < -0.39 is 0 Å². The average Bonchev–Trinajstić information content (AvgIpc) is 2.81. The lowest BCUT2D eigenvalue weighted by molar-refractivity contribution is -0.122. The Hall–Kier alpha value is -2.24. The minimum atomic E-state index is 0.0702. The fourth-order valence-corrected chi connectivity index (χ4v) is 4.00. The van der Waals surface area contributed by atoms with E-state index >= 15 is 0 Å². The molecule has 6 heteroatoms. The predicted octanol–water partition coefficient (Wildman–Crippen LogP) is 3.21. The molecule has 1 N–H and O–H groups in total. The summed E-state index contributed by atoms with van der Waals surface area (Å²) in [5.74, 6) is 2.45. The maximum Gasteiger partial charge on any atom is 0.240 e. The van der Waals surface area contributed by atoms with Gasteiger partial charge in [-0.25, -0.2) is 4.98 Å². The molecule has 1 saturated carbocycles. The summed E-state index contributed by atoms with van der Waals surface area (Å²) in [5.41, 5.74) is 1.79. The van der Waals surface area contributed by atoms with Crippen LogP contribution in [0.15, 0.2) is 12.1 Å². The van der Waals surface area contributed by atoms with Gasteiger partial charge in [0.2, 0.25) is 5.91 Å². The lowest BCUT2D eigenvalue weighted by Gasteiger charge is -2.19. The minimum absolute atomic E-state index is 0.0702.